The van der Waals surface area contributed by atoms with Crippen LogP contribution in [0, 0.1) is 12.7 Å². The number of halogens is 1. The van der Waals surface area contributed by atoms with Crippen molar-refractivity contribution in [3.05, 3.63) is 66.1 Å². The van der Waals surface area contributed by atoms with Gasteiger partial charge in [0, 0.05) is 19.2 Å². The summed E-state index contributed by atoms with van der Waals surface area (Å²) in [5.74, 6) is 1.24. The Labute approximate surface area is 154 Å². The molecule has 2 N–H and O–H groups in total. The van der Waals surface area contributed by atoms with Crippen LogP contribution in [0.15, 0.2) is 54.7 Å². The van der Waals surface area contributed by atoms with E-state index < -0.39 is 0 Å². The van der Waals surface area contributed by atoms with Crippen molar-refractivity contribution in [1.29, 1.82) is 0 Å². The van der Waals surface area contributed by atoms with Crippen LogP contribution in [-0.2, 0) is 7.05 Å². The Morgan fingerprint density at radius 1 is 1.07 bits per heavy atom. The molecule has 136 valence electrons. The number of anilines is 2. The van der Waals surface area contributed by atoms with E-state index in [9.17, 15) is 9.50 Å². The van der Waals surface area contributed by atoms with Crippen LogP contribution in [0.2, 0.25) is 0 Å². The second kappa shape index (κ2) is 6.60. The smallest absolute Gasteiger partial charge is 0.210 e. The van der Waals surface area contributed by atoms with Crippen LogP contribution in [0.25, 0.3) is 11.0 Å². The van der Waals surface area contributed by atoms with Gasteiger partial charge in [-0.05, 0) is 42.8 Å². The molecule has 7 heteroatoms. The highest BCUT2D eigenvalue weighted by Crippen LogP contribution is 2.29. The molecular formula is C20H17FN4O2. The first-order valence-electron chi connectivity index (χ1n) is 8.32. The number of pyridine rings is 1. The first kappa shape index (κ1) is 16.8. The summed E-state index contributed by atoms with van der Waals surface area (Å²) in [5, 5.41) is 12.3. The van der Waals surface area contributed by atoms with Gasteiger partial charge in [-0.3, -0.25) is 0 Å². The fraction of sp³-hybridized carbons (Fsp3) is 0.100. The molecule has 0 aliphatic heterocycles. The highest BCUT2D eigenvalue weighted by atomic mass is 19.1. The summed E-state index contributed by atoms with van der Waals surface area (Å²) in [6, 6.07) is 13.5. The van der Waals surface area contributed by atoms with Crippen molar-refractivity contribution < 1.29 is 14.2 Å². The van der Waals surface area contributed by atoms with E-state index in [0.717, 1.165) is 16.6 Å². The molecule has 2 heterocycles. The van der Waals surface area contributed by atoms with Gasteiger partial charge in [-0.25, -0.2) is 14.4 Å². The van der Waals surface area contributed by atoms with Crippen LogP contribution in [0.3, 0.4) is 0 Å². The van der Waals surface area contributed by atoms with E-state index in [1.54, 1.807) is 18.2 Å². The van der Waals surface area contributed by atoms with Gasteiger partial charge < -0.3 is 19.7 Å². The van der Waals surface area contributed by atoms with Gasteiger partial charge in [0.15, 0.2) is 0 Å². The van der Waals surface area contributed by atoms with Crippen molar-refractivity contribution in [1.82, 2.24) is 14.5 Å². The number of imidazole rings is 1. The zero-order valence-electron chi connectivity index (χ0n) is 14.8. The number of benzene rings is 2. The van der Waals surface area contributed by atoms with Crippen LogP contribution in [0.1, 0.15) is 5.56 Å². The van der Waals surface area contributed by atoms with Crippen molar-refractivity contribution in [3.63, 3.8) is 0 Å². The average molecular weight is 364 g/mol. The second-order valence-electron chi connectivity index (χ2n) is 6.21. The van der Waals surface area contributed by atoms with Crippen molar-refractivity contribution in [2.45, 2.75) is 6.92 Å². The summed E-state index contributed by atoms with van der Waals surface area (Å²) in [5.41, 5.74) is 2.80. The Kier molecular flexibility index (Phi) is 4.12. The number of hydrogen-bond donors (Lipinski definition) is 2. The maximum absolute atomic E-state index is 14.1. The predicted octanol–water partition coefficient (Wildman–Crippen LogP) is 4.66. The lowest BCUT2D eigenvalue weighted by Crippen LogP contribution is -2.01. The van der Waals surface area contributed by atoms with Crippen molar-refractivity contribution in [3.8, 4) is 17.4 Å². The summed E-state index contributed by atoms with van der Waals surface area (Å²) < 4.78 is 21.7. The molecule has 0 atom stereocenters. The lowest BCUT2D eigenvalue weighted by Gasteiger charge is -2.08. The standard InChI is InChI=1S/C20H17FN4O2/c1-12-3-6-16(15(21)9-12)23-20-24-17-7-4-13(10-18(17)25(20)2)27-14-5-8-19(26)22-11-14/h3-11H,1-2H3,(H,22,26)(H,23,24). The molecule has 2 aromatic carbocycles. The molecule has 0 spiro atoms. The van der Waals surface area contributed by atoms with Gasteiger partial charge in [-0.2, -0.15) is 0 Å². The molecular weight excluding hydrogens is 347 g/mol. The Bertz CT molecular complexity index is 1120. The third-order valence-electron chi connectivity index (χ3n) is 4.18. The summed E-state index contributed by atoms with van der Waals surface area (Å²) in [4.78, 5) is 8.30. The Balaban J connectivity index is 1.64. The highest BCUT2D eigenvalue weighted by molar-refractivity contribution is 5.81. The first-order chi connectivity index (χ1) is 13.0. The fourth-order valence-corrected chi connectivity index (χ4v) is 2.76. The Morgan fingerprint density at radius 2 is 1.89 bits per heavy atom. The van der Waals surface area contributed by atoms with Gasteiger partial charge in [-0.15, -0.1) is 0 Å². The number of fused-ring (bicyclic) bond motifs is 1. The number of aromatic hydroxyl groups is 1. The Hall–Kier alpha value is -3.61. The zero-order chi connectivity index (χ0) is 19.0. The molecule has 0 radical (unpaired) electrons. The lowest BCUT2D eigenvalue weighted by molar-refractivity contribution is 0.443. The van der Waals surface area contributed by atoms with Gasteiger partial charge in [0.05, 0.1) is 22.9 Å². The molecule has 4 rings (SSSR count). The van der Waals surface area contributed by atoms with Crippen molar-refractivity contribution in [2.75, 3.05) is 5.32 Å². The molecule has 0 aliphatic carbocycles. The molecule has 0 saturated carbocycles. The molecule has 27 heavy (non-hydrogen) atoms. The van der Waals surface area contributed by atoms with E-state index in [2.05, 4.69) is 15.3 Å². The van der Waals surface area contributed by atoms with Crippen LogP contribution in [0.4, 0.5) is 16.0 Å². The van der Waals surface area contributed by atoms with Crippen molar-refractivity contribution >= 4 is 22.7 Å². The minimum Gasteiger partial charge on any atom is -0.493 e. The van der Waals surface area contributed by atoms with E-state index in [1.165, 1.54) is 18.3 Å². The molecule has 0 unspecified atom stereocenters. The van der Waals surface area contributed by atoms with Crippen LogP contribution < -0.4 is 10.1 Å². The summed E-state index contributed by atoms with van der Waals surface area (Å²) in [6.07, 6.45) is 1.44. The quantitative estimate of drug-likeness (QED) is 0.551. The molecule has 0 saturated heterocycles. The maximum Gasteiger partial charge on any atom is 0.210 e. The van der Waals surface area contributed by atoms with Gasteiger partial charge in [0.1, 0.15) is 17.3 Å². The van der Waals surface area contributed by atoms with Gasteiger partial charge in [-0.1, -0.05) is 6.07 Å². The monoisotopic (exact) mass is 364 g/mol. The van der Waals surface area contributed by atoms with Crippen molar-refractivity contribution in [2.24, 2.45) is 7.05 Å². The van der Waals surface area contributed by atoms with Crippen LogP contribution >= 0.6 is 0 Å². The van der Waals surface area contributed by atoms with E-state index in [0.29, 0.717) is 23.1 Å². The molecule has 0 fully saturated rings. The number of rotatable bonds is 4. The zero-order valence-corrected chi connectivity index (χ0v) is 14.8. The molecule has 0 aliphatic rings. The number of nitrogens with one attached hydrogen (secondary N) is 1. The summed E-state index contributed by atoms with van der Waals surface area (Å²) in [6.45, 7) is 1.84. The SMILES string of the molecule is Cc1ccc(Nc2nc3ccc(Oc4ccc(O)nc4)cc3n2C)c(F)c1. The third kappa shape index (κ3) is 3.39. The lowest BCUT2D eigenvalue weighted by atomic mass is 10.2. The Morgan fingerprint density at radius 3 is 2.63 bits per heavy atom. The second-order valence-corrected chi connectivity index (χ2v) is 6.21. The van der Waals surface area contributed by atoms with Crippen LogP contribution in [-0.4, -0.2) is 19.6 Å². The largest absolute Gasteiger partial charge is 0.493 e. The number of hydrogen-bond acceptors (Lipinski definition) is 5. The van der Waals surface area contributed by atoms with Gasteiger partial charge in [0.2, 0.25) is 11.8 Å². The maximum atomic E-state index is 14.1. The van der Waals surface area contributed by atoms with Gasteiger partial charge >= 0.3 is 0 Å². The normalized spacial score (nSPS) is 10.9. The third-order valence-corrected chi connectivity index (χ3v) is 4.18. The molecule has 4 aromatic rings. The van der Waals surface area contributed by atoms with E-state index in [1.807, 2.05) is 36.7 Å². The minimum atomic E-state index is -0.328. The summed E-state index contributed by atoms with van der Waals surface area (Å²) >= 11 is 0. The fourth-order valence-electron chi connectivity index (χ4n) is 2.76. The van der Waals surface area contributed by atoms with Gasteiger partial charge in [0.25, 0.3) is 0 Å². The van der Waals surface area contributed by atoms with E-state index in [4.69, 9.17) is 4.74 Å². The first-order valence-corrected chi connectivity index (χ1v) is 8.32. The molecule has 0 bridgehead atoms. The molecule has 6 nitrogen and oxygen atoms in total. The van der Waals surface area contributed by atoms with E-state index >= 15 is 0 Å². The van der Waals surface area contributed by atoms with E-state index in [-0.39, 0.29) is 11.7 Å². The predicted molar refractivity (Wildman–Crippen MR) is 101 cm³/mol. The highest BCUT2D eigenvalue weighted by Gasteiger charge is 2.11. The minimum absolute atomic E-state index is 0.0662. The molecule has 0 amide bonds. The molecule has 2 aromatic heterocycles. The number of ether oxygens (including phenoxy) is 1. The average Bonchev–Trinajstić information content (AvgIpc) is 2.95. The van der Waals surface area contributed by atoms with Crippen LogP contribution in [0.5, 0.6) is 17.4 Å². The number of aromatic nitrogens is 3. The number of aryl methyl sites for hydroxylation is 2. The topological polar surface area (TPSA) is 72.2 Å². The number of nitrogens with zero attached hydrogens (tertiary/aromatic N) is 3. The summed E-state index contributed by atoms with van der Waals surface area (Å²) in [7, 11) is 1.84.